The van der Waals surface area contributed by atoms with Crippen LogP contribution in [0, 0.1) is 5.92 Å². The Morgan fingerprint density at radius 3 is 1.91 bits per heavy atom. The Hall–Kier alpha value is -9.61. The molecule has 23 N–H and O–H groups in total. The lowest BCUT2D eigenvalue weighted by atomic mass is 9.86. The number of halogens is 1. The molecule has 0 aromatic heterocycles. The number of carbonyl (C=O) groups is 8. The number of aliphatic hydroxyl groups excluding tert-OH is 6. The lowest BCUT2D eigenvalue weighted by molar-refractivity contribution is -0.333. The average Bonchev–Trinajstić information content (AvgIpc) is 1.74. The molecule has 37 heteroatoms. The molecular weight excluding hydrogens is 1550 g/mol. The number of benzene rings is 5. The Morgan fingerprint density at radius 2 is 1.29 bits per heavy atom. The lowest BCUT2D eigenvalue weighted by Gasteiger charge is -2.47. The number of likely N-dealkylation sites (N-methyl/N-ethyl adjacent to an activating group) is 1. The van der Waals surface area contributed by atoms with Crippen LogP contribution in [0.4, 0.5) is 0 Å². The molecule has 3 saturated heterocycles. The summed E-state index contributed by atoms with van der Waals surface area (Å²) in [6.07, 6.45) is -18.4. The molecule has 3 fully saturated rings. The number of hydrogen-bond acceptors (Lipinski definition) is 28. The smallest absolute Gasteiger partial charge is 0.248 e. The molecule has 5 aromatic rings. The number of nitrogens with one attached hydrogen (secondary N) is 8. The highest BCUT2D eigenvalue weighted by atomic mass is 35.5. The van der Waals surface area contributed by atoms with Crippen LogP contribution in [0.5, 0.6) is 46.0 Å². The minimum absolute atomic E-state index is 0.0137. The van der Waals surface area contributed by atoms with E-state index in [2.05, 4.69) is 42.5 Å². The fraction of sp³-hybridized carbons (Fsp3) is 0.525. The van der Waals surface area contributed by atoms with E-state index >= 15 is 28.8 Å². The maximum absolute atomic E-state index is 16.7. The normalized spacial score (nSPS) is 31.0. The molecular formula is C80H104ClN11O25. The fourth-order valence-electron chi connectivity index (χ4n) is 15.4. The number of phenols is 3. The largest absolute Gasteiger partial charge is 0.508 e. The summed E-state index contributed by atoms with van der Waals surface area (Å²) in [6, 6.07) is 2.69. The number of unbranched alkanes of at least 4 members (excludes halogenated alkanes) is 4. The Balaban J connectivity index is 1.19. The molecule has 13 rings (SSSR count). The summed E-state index contributed by atoms with van der Waals surface area (Å²) in [4.78, 5) is 123. The van der Waals surface area contributed by atoms with E-state index in [1.54, 1.807) is 0 Å². The van der Waals surface area contributed by atoms with Crippen LogP contribution in [-0.4, -0.2) is 216 Å². The van der Waals surface area contributed by atoms with Crippen molar-refractivity contribution in [3.63, 3.8) is 0 Å². The first kappa shape index (κ1) is 88.2. The van der Waals surface area contributed by atoms with Gasteiger partial charge in [-0.2, -0.15) is 0 Å². The zero-order chi connectivity index (χ0) is 85.0. The first-order valence-corrected chi connectivity index (χ1v) is 39.2. The van der Waals surface area contributed by atoms with Gasteiger partial charge in [0, 0.05) is 47.7 Å². The van der Waals surface area contributed by atoms with Crippen molar-refractivity contribution in [1.82, 2.24) is 42.5 Å². The zero-order valence-corrected chi connectivity index (χ0v) is 66.4. The first-order chi connectivity index (χ1) is 55.4. The molecule has 636 valence electrons. The van der Waals surface area contributed by atoms with E-state index in [0.717, 1.165) is 55.7 Å². The van der Waals surface area contributed by atoms with E-state index in [-0.39, 0.29) is 64.9 Å². The number of fused-ring (bicyclic) bond motifs is 14. The molecule has 9 bridgehead atoms. The van der Waals surface area contributed by atoms with E-state index in [0.29, 0.717) is 12.8 Å². The van der Waals surface area contributed by atoms with Gasteiger partial charge >= 0.3 is 0 Å². The van der Waals surface area contributed by atoms with Crippen molar-refractivity contribution in [1.29, 1.82) is 0 Å². The van der Waals surface area contributed by atoms with Crippen molar-refractivity contribution < 1.29 is 122 Å². The maximum atomic E-state index is 16.7. The summed E-state index contributed by atoms with van der Waals surface area (Å²) < 4.78 is 52.3. The van der Waals surface area contributed by atoms with Crippen LogP contribution in [0.15, 0.2) is 84.9 Å². The Bertz CT molecular complexity index is 4480. The third-order valence-corrected chi connectivity index (χ3v) is 22.0. The molecule has 0 spiro atoms. The Labute approximate surface area is 678 Å². The van der Waals surface area contributed by atoms with Gasteiger partial charge in [-0.05, 0) is 130 Å². The number of aliphatic hydroxyl groups is 6. The van der Waals surface area contributed by atoms with Gasteiger partial charge in [0.05, 0.1) is 48.5 Å². The summed E-state index contributed by atoms with van der Waals surface area (Å²) in [7, 11) is 1.49. The minimum Gasteiger partial charge on any atom is -0.508 e. The summed E-state index contributed by atoms with van der Waals surface area (Å²) in [6.45, 7) is 10.8. The second-order valence-electron chi connectivity index (χ2n) is 31.5. The molecule has 22 atom stereocenters. The van der Waals surface area contributed by atoms with Gasteiger partial charge < -0.3 is 144 Å². The first-order valence-electron chi connectivity index (χ1n) is 38.8. The zero-order valence-electron chi connectivity index (χ0n) is 65.7. The van der Waals surface area contributed by atoms with Crippen LogP contribution in [0.3, 0.4) is 0 Å². The molecule has 0 radical (unpaired) electrons. The van der Waals surface area contributed by atoms with Gasteiger partial charge in [0.2, 0.25) is 59.3 Å². The van der Waals surface area contributed by atoms with Crippen LogP contribution >= 0.6 is 11.6 Å². The predicted octanol–water partition coefficient (Wildman–Crippen LogP) is 1.69. The second kappa shape index (κ2) is 37.1. The number of ether oxygens (including phenoxy) is 8. The molecule has 8 amide bonds. The standard InChI is InChI=1S/C80H104ClN11O25/c1-9-10-11-12-13-23-86-73(105)60-43-28-40(94)29-48(96)57(43)56-42(15-14-16-47(56)95)59-75(107)92-62(77(109)90-60)66(115-54-31-79(6,83)69(101)35(4)110-54)37-17-20-41(21-18-37)112-50-26-39-27-51(67(50)117-78-68(65(100)64(99)52(33-93)114-78)116-55-32-80(7,84)70(102)36(5)111-55)113-49-22-19-38(25-44(49)81)63(98)61(91-71(103)45(85-8)24-34(2)3)76(108)87-46(30-53(82)97)72(104)88-58(39)74(106)89-59/h14-22,25-29,34-36,45-46,52,54-55,58-66,68-70,78,85,93-96,98-102H,9-13,23-24,30-33,83-84H2,1-8H3,(H2,82,97)(H,86,105)(H,87,108)(H,88,104)(H,89,106)(H,90,109)(H,91,103)(H,92,107). The van der Waals surface area contributed by atoms with E-state index in [1.807, 2.05) is 20.8 Å². The highest BCUT2D eigenvalue weighted by molar-refractivity contribution is 6.32. The third kappa shape index (κ3) is 19.9. The van der Waals surface area contributed by atoms with E-state index in [4.69, 9.17) is 66.7 Å². The monoisotopic (exact) mass is 1650 g/mol. The highest BCUT2D eigenvalue weighted by Gasteiger charge is 2.53. The van der Waals surface area contributed by atoms with Crippen LogP contribution in [0.2, 0.25) is 5.02 Å². The van der Waals surface area contributed by atoms with Crippen molar-refractivity contribution in [3.8, 4) is 57.1 Å². The SMILES string of the molecule is CCCCCCCNC(=O)C1NC(=O)C2NC(=O)C(NC(=O)C3NC(=O)C(CC(N)=O)NC(=O)C(NC(=O)C(CC(C)C)NC)C(O)c4ccc(c(Cl)c4)Oc4cc3cc(c4OC3OC(CO)C(O)C(O)C3OC3CC(C)(N)C(O)C(C)O3)Oc3ccc(cc3)C2OC2CC(C)(N)C(O)C(C)O2)c2cccc(O)c2-c2c(O)cc(O)cc21. The quantitative estimate of drug-likeness (QED) is 0.0465. The summed E-state index contributed by atoms with van der Waals surface area (Å²) >= 11 is 7.19. The Morgan fingerprint density at radius 1 is 0.667 bits per heavy atom. The maximum Gasteiger partial charge on any atom is 0.248 e. The fourth-order valence-corrected chi connectivity index (χ4v) is 15.6. The van der Waals surface area contributed by atoms with Gasteiger partial charge in [0.15, 0.2) is 30.2 Å². The predicted molar refractivity (Wildman–Crippen MR) is 415 cm³/mol. The number of rotatable bonds is 21. The molecule has 117 heavy (non-hydrogen) atoms. The van der Waals surface area contributed by atoms with Crippen LogP contribution < -0.4 is 73.9 Å². The van der Waals surface area contributed by atoms with Crippen LogP contribution in [0.25, 0.3) is 11.1 Å². The summed E-state index contributed by atoms with van der Waals surface area (Å²) in [5.41, 5.74) is 14.0. The molecule has 0 saturated carbocycles. The second-order valence-corrected chi connectivity index (χ2v) is 31.9. The van der Waals surface area contributed by atoms with E-state index in [1.165, 1.54) is 83.3 Å². The van der Waals surface area contributed by atoms with Crippen molar-refractivity contribution in [3.05, 3.63) is 118 Å². The molecule has 0 aliphatic carbocycles. The molecule has 36 nitrogen and oxygen atoms in total. The number of aromatic hydroxyl groups is 3. The van der Waals surface area contributed by atoms with E-state index in [9.17, 15) is 55.5 Å². The van der Waals surface area contributed by atoms with Crippen LogP contribution in [0.1, 0.15) is 164 Å². The minimum atomic E-state index is -2.37. The topological polar surface area (TPSA) is 567 Å². The highest BCUT2D eigenvalue weighted by Crippen LogP contribution is 2.50. The summed E-state index contributed by atoms with van der Waals surface area (Å²) in [5.74, 6) is -14.3. The number of carbonyl (C=O) groups excluding carboxylic acids is 8. The number of nitrogens with two attached hydrogens (primary N) is 3. The molecule has 8 heterocycles. The summed E-state index contributed by atoms with van der Waals surface area (Å²) in [5, 5.41) is 127. The van der Waals surface area contributed by atoms with Crippen molar-refractivity contribution >= 4 is 58.9 Å². The van der Waals surface area contributed by atoms with Gasteiger partial charge in [-0.15, -0.1) is 0 Å². The lowest BCUT2D eigenvalue weighted by Crippen LogP contribution is -2.64. The number of amides is 8. The van der Waals surface area contributed by atoms with Crippen LogP contribution in [-0.2, 0) is 62.0 Å². The van der Waals surface area contributed by atoms with Gasteiger partial charge in [0.25, 0.3) is 0 Å². The average molecular weight is 1660 g/mol. The molecule has 22 unspecified atom stereocenters. The molecule has 8 aliphatic heterocycles. The van der Waals surface area contributed by atoms with Gasteiger partial charge in [-0.1, -0.05) is 88.4 Å². The van der Waals surface area contributed by atoms with Crippen molar-refractivity contribution in [2.24, 2.45) is 23.1 Å². The van der Waals surface area contributed by atoms with Crippen molar-refractivity contribution in [2.75, 3.05) is 20.2 Å². The molecule has 5 aromatic carbocycles. The number of hydrogen-bond donors (Lipinski definition) is 20. The van der Waals surface area contributed by atoms with E-state index < -0.39 is 250 Å². The third-order valence-electron chi connectivity index (χ3n) is 21.7. The molecule has 8 aliphatic rings. The number of primary amides is 1. The number of phenolic OH excluding ortho intramolecular Hbond substituents is 3. The van der Waals surface area contributed by atoms with Gasteiger partial charge in [-0.25, -0.2) is 0 Å². The van der Waals surface area contributed by atoms with Gasteiger partial charge in [-0.3, -0.25) is 38.4 Å². The van der Waals surface area contributed by atoms with Crippen molar-refractivity contribution in [2.45, 2.75) is 240 Å². The Kier molecular flexibility index (Phi) is 28.0. The van der Waals surface area contributed by atoms with Gasteiger partial charge in [0.1, 0.15) is 95.5 Å².